The number of nitrogens with one attached hydrogen (secondary N) is 1. The lowest BCUT2D eigenvalue weighted by molar-refractivity contribution is 0.0316. The van der Waals surface area contributed by atoms with Gasteiger partial charge in [-0.1, -0.05) is 0 Å². The normalized spacial score (nSPS) is 28.5. The monoisotopic (exact) mass is 253 g/mol. The number of hydrogen-bond acceptors (Lipinski definition) is 5. The molecule has 0 bridgehead atoms. The van der Waals surface area contributed by atoms with Gasteiger partial charge in [-0.25, -0.2) is 0 Å². The fraction of sp³-hybridized carbons (Fsp3) is 0.750. The topological polar surface area (TPSA) is 60.2 Å². The Bertz CT molecular complexity index is 408. The van der Waals surface area contributed by atoms with E-state index in [1.165, 1.54) is 36.4 Å². The highest BCUT2D eigenvalue weighted by molar-refractivity contribution is 7.10. The second kappa shape index (κ2) is 4.14. The Kier molecular flexibility index (Phi) is 2.75. The number of nitrogens with zero attached hydrogens (tertiary/aromatic N) is 1. The highest BCUT2D eigenvalue weighted by Gasteiger charge is 2.33. The van der Waals surface area contributed by atoms with Crippen LogP contribution in [0.5, 0.6) is 0 Å². The molecular formula is C12H19N3OS. The SMILES string of the molecule is CC1(CNc2snc(N)c2C2CC2)CCCO1. The van der Waals surface area contributed by atoms with Crippen molar-refractivity contribution in [1.82, 2.24) is 4.37 Å². The van der Waals surface area contributed by atoms with E-state index in [1.54, 1.807) is 0 Å². The van der Waals surface area contributed by atoms with Crippen LogP contribution in [0.15, 0.2) is 0 Å². The molecule has 0 amide bonds. The molecule has 4 nitrogen and oxygen atoms in total. The zero-order chi connectivity index (χ0) is 11.9. The van der Waals surface area contributed by atoms with Crippen LogP contribution in [0.4, 0.5) is 10.8 Å². The van der Waals surface area contributed by atoms with Crippen LogP contribution >= 0.6 is 11.5 Å². The molecular weight excluding hydrogens is 234 g/mol. The number of hydrogen-bond donors (Lipinski definition) is 2. The lowest BCUT2D eigenvalue weighted by Gasteiger charge is -2.23. The predicted molar refractivity (Wildman–Crippen MR) is 70.6 cm³/mol. The van der Waals surface area contributed by atoms with Crippen molar-refractivity contribution in [3.63, 3.8) is 0 Å². The number of ether oxygens (including phenoxy) is 1. The first-order chi connectivity index (χ1) is 8.18. The molecule has 1 aliphatic heterocycles. The minimum atomic E-state index is -0.0143. The summed E-state index contributed by atoms with van der Waals surface area (Å²) in [7, 11) is 0. The molecule has 17 heavy (non-hydrogen) atoms. The minimum Gasteiger partial charge on any atom is -0.383 e. The van der Waals surface area contributed by atoms with Gasteiger partial charge in [-0.15, -0.1) is 0 Å². The molecule has 2 heterocycles. The van der Waals surface area contributed by atoms with Crippen LogP contribution in [0, 0.1) is 0 Å². The van der Waals surface area contributed by atoms with Crippen molar-refractivity contribution in [2.75, 3.05) is 24.2 Å². The molecule has 1 unspecified atom stereocenters. The molecule has 0 spiro atoms. The van der Waals surface area contributed by atoms with Crippen molar-refractivity contribution < 1.29 is 4.74 Å². The summed E-state index contributed by atoms with van der Waals surface area (Å²) < 4.78 is 10.0. The Labute approximate surface area is 106 Å². The van der Waals surface area contributed by atoms with Crippen LogP contribution in [-0.2, 0) is 4.74 Å². The maximum atomic E-state index is 5.93. The van der Waals surface area contributed by atoms with Gasteiger partial charge in [0.15, 0.2) is 0 Å². The van der Waals surface area contributed by atoms with Crippen molar-refractivity contribution in [1.29, 1.82) is 0 Å². The lowest BCUT2D eigenvalue weighted by Crippen LogP contribution is -2.32. The van der Waals surface area contributed by atoms with Crippen molar-refractivity contribution in [3.8, 4) is 0 Å². The van der Waals surface area contributed by atoms with E-state index in [2.05, 4.69) is 16.6 Å². The standard InChI is InChI=1S/C12H19N3OS/c1-12(5-2-6-16-12)7-14-11-9(8-3-4-8)10(13)15-17-11/h8,14H,2-7H2,1H3,(H2,13,15). The zero-order valence-electron chi connectivity index (χ0n) is 10.2. The van der Waals surface area contributed by atoms with Crippen molar-refractivity contribution in [2.45, 2.75) is 44.1 Å². The second-order valence-corrected chi connectivity index (χ2v) is 6.11. The Morgan fingerprint density at radius 3 is 3.06 bits per heavy atom. The van der Waals surface area contributed by atoms with Crippen molar-refractivity contribution >= 4 is 22.4 Å². The molecule has 1 saturated carbocycles. The molecule has 5 heteroatoms. The van der Waals surface area contributed by atoms with E-state index < -0.39 is 0 Å². The van der Waals surface area contributed by atoms with E-state index in [0.717, 1.165) is 30.4 Å². The van der Waals surface area contributed by atoms with Gasteiger partial charge in [0.2, 0.25) is 0 Å². The predicted octanol–water partition coefficient (Wildman–Crippen LogP) is 2.58. The van der Waals surface area contributed by atoms with Crippen LogP contribution in [0.2, 0.25) is 0 Å². The second-order valence-electron chi connectivity index (χ2n) is 5.34. The van der Waals surface area contributed by atoms with E-state index in [9.17, 15) is 0 Å². The quantitative estimate of drug-likeness (QED) is 0.866. The summed E-state index contributed by atoms with van der Waals surface area (Å²) in [4.78, 5) is 0. The highest BCUT2D eigenvalue weighted by Crippen LogP contribution is 2.47. The third-order valence-electron chi connectivity index (χ3n) is 3.66. The van der Waals surface area contributed by atoms with Crippen LogP contribution < -0.4 is 11.1 Å². The number of nitrogen functional groups attached to an aromatic ring is 1. The molecule has 0 aromatic carbocycles. The molecule has 94 valence electrons. The Morgan fingerprint density at radius 2 is 2.41 bits per heavy atom. The third kappa shape index (κ3) is 2.26. The number of anilines is 2. The van der Waals surface area contributed by atoms with Gasteiger partial charge < -0.3 is 15.8 Å². The fourth-order valence-electron chi connectivity index (χ4n) is 2.45. The number of nitrogens with two attached hydrogens (primary N) is 1. The van der Waals surface area contributed by atoms with E-state index >= 15 is 0 Å². The van der Waals surface area contributed by atoms with Gasteiger partial charge in [-0.2, -0.15) is 4.37 Å². The first kappa shape index (κ1) is 11.3. The fourth-order valence-corrected chi connectivity index (χ4v) is 3.24. The summed E-state index contributed by atoms with van der Waals surface area (Å²) in [6.45, 7) is 3.92. The van der Waals surface area contributed by atoms with Gasteiger partial charge in [-0.05, 0) is 50.1 Å². The maximum Gasteiger partial charge on any atom is 0.142 e. The van der Waals surface area contributed by atoms with Gasteiger partial charge >= 0.3 is 0 Å². The first-order valence-electron chi connectivity index (χ1n) is 6.31. The minimum absolute atomic E-state index is 0.0143. The van der Waals surface area contributed by atoms with E-state index in [4.69, 9.17) is 10.5 Å². The molecule has 1 saturated heterocycles. The molecule has 1 atom stereocenters. The first-order valence-corrected chi connectivity index (χ1v) is 7.08. The third-order valence-corrected chi connectivity index (χ3v) is 4.50. The summed E-state index contributed by atoms with van der Waals surface area (Å²) in [5, 5.41) is 4.64. The molecule has 0 radical (unpaired) electrons. The summed E-state index contributed by atoms with van der Waals surface area (Å²) in [5.74, 6) is 1.37. The van der Waals surface area contributed by atoms with Gasteiger partial charge in [0, 0.05) is 18.7 Å². The number of rotatable bonds is 4. The summed E-state index contributed by atoms with van der Waals surface area (Å²) >= 11 is 1.48. The smallest absolute Gasteiger partial charge is 0.142 e. The number of aromatic nitrogens is 1. The average molecular weight is 253 g/mol. The van der Waals surface area contributed by atoms with E-state index in [0.29, 0.717) is 5.92 Å². The molecule has 1 aliphatic carbocycles. The Morgan fingerprint density at radius 1 is 1.59 bits per heavy atom. The molecule has 2 aliphatic rings. The maximum absolute atomic E-state index is 5.93. The van der Waals surface area contributed by atoms with Crippen LogP contribution in [0.25, 0.3) is 0 Å². The largest absolute Gasteiger partial charge is 0.383 e. The van der Waals surface area contributed by atoms with E-state index in [1.807, 2.05) is 0 Å². The summed E-state index contributed by atoms with van der Waals surface area (Å²) in [6.07, 6.45) is 4.81. The zero-order valence-corrected chi connectivity index (χ0v) is 11.0. The molecule has 2 fully saturated rings. The summed E-state index contributed by atoms with van der Waals surface area (Å²) in [5.41, 5.74) is 7.16. The summed E-state index contributed by atoms with van der Waals surface area (Å²) in [6, 6.07) is 0. The van der Waals surface area contributed by atoms with Crippen molar-refractivity contribution in [3.05, 3.63) is 5.56 Å². The molecule has 1 aromatic rings. The average Bonchev–Trinajstić information content (AvgIpc) is 2.94. The lowest BCUT2D eigenvalue weighted by atomic mass is 10.0. The van der Waals surface area contributed by atoms with Gasteiger partial charge in [0.25, 0.3) is 0 Å². The van der Waals surface area contributed by atoms with Crippen LogP contribution in [0.1, 0.15) is 44.1 Å². The van der Waals surface area contributed by atoms with Gasteiger partial charge in [-0.3, -0.25) is 0 Å². The molecule has 3 N–H and O–H groups in total. The van der Waals surface area contributed by atoms with Crippen LogP contribution in [-0.4, -0.2) is 23.1 Å². The Hall–Kier alpha value is -0.810. The van der Waals surface area contributed by atoms with E-state index in [-0.39, 0.29) is 5.60 Å². The van der Waals surface area contributed by atoms with Gasteiger partial charge in [0.1, 0.15) is 10.8 Å². The molecule has 3 rings (SSSR count). The molecule has 1 aromatic heterocycles. The van der Waals surface area contributed by atoms with Crippen LogP contribution in [0.3, 0.4) is 0 Å². The highest BCUT2D eigenvalue weighted by atomic mass is 32.1. The van der Waals surface area contributed by atoms with Gasteiger partial charge in [0.05, 0.1) is 5.60 Å². The Balaban J connectivity index is 1.68. The van der Waals surface area contributed by atoms with Crippen molar-refractivity contribution in [2.24, 2.45) is 0 Å².